The van der Waals surface area contributed by atoms with E-state index in [0.29, 0.717) is 43.0 Å². The highest BCUT2D eigenvalue weighted by molar-refractivity contribution is 6.54. The van der Waals surface area contributed by atoms with Crippen molar-refractivity contribution in [2.24, 2.45) is 0 Å². The molecule has 3 aliphatic rings. The molecule has 14 heteroatoms. The van der Waals surface area contributed by atoms with E-state index in [4.69, 9.17) is 56.6 Å². The highest BCUT2D eigenvalue weighted by atomic mass is 16.5. The van der Waals surface area contributed by atoms with Crippen LogP contribution in [0.4, 0.5) is 0 Å². The Morgan fingerprint density at radius 1 is 1.08 bits per heavy atom. The van der Waals surface area contributed by atoms with Gasteiger partial charge in [0.25, 0.3) is 5.91 Å². The van der Waals surface area contributed by atoms with Crippen molar-refractivity contribution in [3.05, 3.63) is 46.5 Å². The van der Waals surface area contributed by atoms with Gasteiger partial charge in [0.15, 0.2) is 0 Å². The normalized spacial score (nSPS) is 21.0. The number of carbonyl (C=O) groups is 3. The zero-order valence-corrected chi connectivity index (χ0v) is 21.3. The van der Waals surface area contributed by atoms with Gasteiger partial charge >= 0.3 is 0 Å². The first-order valence-electron chi connectivity index (χ1n) is 12.6. The number of rotatable bonds is 6. The highest BCUT2D eigenvalue weighted by Crippen LogP contribution is 2.35. The average Bonchev–Trinajstić information content (AvgIpc) is 3.23. The van der Waals surface area contributed by atoms with Gasteiger partial charge in [0.1, 0.15) is 51.0 Å². The van der Waals surface area contributed by atoms with Crippen LogP contribution in [0.5, 0.6) is 5.75 Å². The van der Waals surface area contributed by atoms with E-state index >= 15 is 0 Å². The molecule has 8 nitrogen and oxygen atoms in total. The molecular formula is C25H21B6N3O5. The molecule has 39 heavy (non-hydrogen) atoms. The van der Waals surface area contributed by atoms with Crippen LogP contribution < -0.4 is 26.4 Å². The van der Waals surface area contributed by atoms with Crippen molar-refractivity contribution >= 4 is 81.2 Å². The Morgan fingerprint density at radius 3 is 2.49 bits per heavy atom. The zero-order chi connectivity index (χ0) is 28.1. The Hall–Kier alpha value is -2.84. The molecule has 2 aromatic carbocycles. The van der Waals surface area contributed by atoms with Gasteiger partial charge in [-0.15, -0.1) is 0 Å². The molecule has 3 heterocycles. The second-order valence-electron chi connectivity index (χ2n) is 9.92. The number of carbonyl (C=O) groups excluding carboxylic acids is 3. The van der Waals surface area contributed by atoms with Gasteiger partial charge in [-0.05, 0) is 30.1 Å². The van der Waals surface area contributed by atoms with E-state index < -0.39 is 23.3 Å². The molecule has 2 unspecified atom stereocenters. The molecule has 0 spiro atoms. The molecular weight excluding hydrogens is 487 g/mol. The van der Waals surface area contributed by atoms with E-state index in [9.17, 15) is 14.4 Å². The summed E-state index contributed by atoms with van der Waals surface area (Å²) in [7, 11) is 38.5. The van der Waals surface area contributed by atoms with Crippen LogP contribution in [0.25, 0.3) is 0 Å². The minimum Gasteiger partial charge on any atom is -0.502 e. The van der Waals surface area contributed by atoms with E-state index in [1.54, 1.807) is 18.2 Å². The van der Waals surface area contributed by atoms with Crippen LogP contribution in [-0.4, -0.2) is 107 Å². The average molecular weight is 508 g/mol. The molecule has 0 aromatic heterocycles. The van der Waals surface area contributed by atoms with Crippen LogP contribution >= 0.6 is 0 Å². The second kappa shape index (κ2) is 10.6. The first-order chi connectivity index (χ1) is 18.5. The van der Waals surface area contributed by atoms with Crippen LogP contribution in [0.2, 0.25) is 0 Å². The number of ether oxygens (including phenoxy) is 2. The van der Waals surface area contributed by atoms with Crippen molar-refractivity contribution in [1.82, 2.24) is 15.1 Å². The van der Waals surface area contributed by atoms with Gasteiger partial charge in [-0.3, -0.25) is 19.7 Å². The van der Waals surface area contributed by atoms with Crippen molar-refractivity contribution in [3.8, 4) is 5.75 Å². The molecule has 3 aliphatic heterocycles. The second-order valence-corrected chi connectivity index (χ2v) is 9.92. The number of fused-ring (bicyclic) bond motifs is 1. The fourth-order valence-electron chi connectivity index (χ4n) is 5.34. The summed E-state index contributed by atoms with van der Waals surface area (Å²) < 4.78 is 11.4. The lowest BCUT2D eigenvalue weighted by molar-refractivity contribution is -0.136. The quantitative estimate of drug-likeness (QED) is 0.328. The third kappa shape index (κ3) is 5.09. The van der Waals surface area contributed by atoms with E-state index in [2.05, 4.69) is 5.32 Å². The van der Waals surface area contributed by atoms with E-state index in [0.717, 1.165) is 0 Å². The van der Waals surface area contributed by atoms with Gasteiger partial charge in [-0.1, -0.05) is 34.1 Å². The zero-order valence-electron chi connectivity index (χ0n) is 21.3. The SMILES string of the molecule is [B]c1cc(C([B])([B])Oc2cccc3c2CN(C2CCC(=O)NC2=O)C3=O)c([B])c([B])c1C([B])N1CCOCC1. The third-order valence-electron chi connectivity index (χ3n) is 7.46. The predicted molar refractivity (Wildman–Crippen MR) is 150 cm³/mol. The molecule has 5 rings (SSSR count). The van der Waals surface area contributed by atoms with Crippen LogP contribution in [0, 0.1) is 0 Å². The summed E-state index contributed by atoms with van der Waals surface area (Å²) in [5, 5.41) is 0.287. The summed E-state index contributed by atoms with van der Waals surface area (Å²) in [5.41, 5.74) is 1.90. The number of hydrogen-bond acceptors (Lipinski definition) is 6. The molecule has 0 aliphatic carbocycles. The fraction of sp³-hybridized carbons (Fsp3) is 0.400. The molecule has 2 fully saturated rings. The molecule has 12 radical (unpaired) electrons. The minimum atomic E-state index is -1.99. The molecule has 2 saturated heterocycles. The summed E-state index contributed by atoms with van der Waals surface area (Å²) in [4.78, 5) is 40.5. The largest absolute Gasteiger partial charge is 0.502 e. The lowest BCUT2D eigenvalue weighted by atomic mass is 9.55. The summed E-state index contributed by atoms with van der Waals surface area (Å²) in [5.74, 6) is -1.63. The van der Waals surface area contributed by atoms with Crippen molar-refractivity contribution < 1.29 is 23.9 Å². The van der Waals surface area contributed by atoms with Crippen LogP contribution in [0.1, 0.15) is 45.8 Å². The highest BCUT2D eigenvalue weighted by Gasteiger charge is 2.40. The van der Waals surface area contributed by atoms with Gasteiger partial charge in [0.2, 0.25) is 11.8 Å². The number of piperidine rings is 1. The molecule has 0 saturated carbocycles. The Labute approximate surface area is 235 Å². The van der Waals surface area contributed by atoms with Crippen molar-refractivity contribution in [1.29, 1.82) is 0 Å². The Morgan fingerprint density at radius 2 is 1.79 bits per heavy atom. The van der Waals surface area contributed by atoms with Crippen molar-refractivity contribution in [3.63, 3.8) is 0 Å². The number of hydrogen-bond donors (Lipinski definition) is 1. The molecule has 1 N–H and O–H groups in total. The minimum absolute atomic E-state index is 0.0692. The van der Waals surface area contributed by atoms with E-state index in [-0.39, 0.29) is 58.9 Å². The van der Waals surface area contributed by atoms with Gasteiger partial charge in [0.05, 0.1) is 27.6 Å². The lowest BCUT2D eigenvalue weighted by Crippen LogP contribution is -2.52. The molecule has 184 valence electrons. The molecule has 3 amide bonds. The van der Waals surface area contributed by atoms with Crippen molar-refractivity contribution in [2.45, 2.75) is 36.8 Å². The number of nitrogens with zero attached hydrogens (tertiary/aromatic N) is 2. The van der Waals surface area contributed by atoms with Crippen molar-refractivity contribution in [2.75, 3.05) is 26.3 Å². The Kier molecular flexibility index (Phi) is 7.55. The van der Waals surface area contributed by atoms with Gasteiger partial charge in [-0.25, -0.2) is 0 Å². The summed E-state index contributed by atoms with van der Waals surface area (Å²) >= 11 is 0. The number of nitrogens with one attached hydrogen (secondary N) is 1. The van der Waals surface area contributed by atoms with Crippen LogP contribution in [0.15, 0.2) is 24.3 Å². The molecule has 2 atom stereocenters. The summed E-state index contributed by atoms with van der Waals surface area (Å²) in [6.07, 6.45) is 0.369. The molecule has 0 bridgehead atoms. The Balaban J connectivity index is 1.42. The van der Waals surface area contributed by atoms with Gasteiger partial charge < -0.3 is 19.3 Å². The first kappa shape index (κ1) is 27.7. The van der Waals surface area contributed by atoms with Crippen LogP contribution in [0.3, 0.4) is 0 Å². The monoisotopic (exact) mass is 509 g/mol. The van der Waals surface area contributed by atoms with E-state index in [1.807, 2.05) is 4.90 Å². The summed E-state index contributed by atoms with van der Waals surface area (Å²) in [6.45, 7) is 2.36. The maximum absolute atomic E-state index is 13.2. The smallest absolute Gasteiger partial charge is 0.255 e. The van der Waals surface area contributed by atoms with Gasteiger partial charge in [0, 0.05) is 36.0 Å². The number of imide groups is 1. The third-order valence-corrected chi connectivity index (χ3v) is 7.46. The first-order valence-corrected chi connectivity index (χ1v) is 12.6. The van der Waals surface area contributed by atoms with E-state index in [1.165, 1.54) is 11.0 Å². The standard InChI is InChI=1S/C25H21B6N3O5/c26-15-10-14(20(27)21(28)19(15)22(29)33-6-8-38-9-7-33)25(30,31)39-17-3-1-2-12-13(17)11-34(24(12)37)16-4-5-18(35)32-23(16)36/h1-3,10,16,22H,4-9,11H2,(H,32,35,36). The number of benzene rings is 2. The topological polar surface area (TPSA) is 88.2 Å². The number of amides is 3. The maximum atomic E-state index is 13.2. The molecule has 2 aromatic rings. The fourth-order valence-corrected chi connectivity index (χ4v) is 5.34. The number of morpholine rings is 1. The maximum Gasteiger partial charge on any atom is 0.255 e. The predicted octanol–water partition coefficient (Wildman–Crippen LogP) is -3.15. The van der Waals surface area contributed by atoms with Crippen LogP contribution in [-0.2, 0) is 26.3 Å². The Bertz CT molecular complexity index is 1350. The van der Waals surface area contributed by atoms with Gasteiger partial charge in [-0.2, -0.15) is 0 Å². The lowest BCUT2D eigenvalue weighted by Gasteiger charge is -2.38. The summed E-state index contributed by atoms with van der Waals surface area (Å²) in [6, 6.07) is 5.56.